The second-order valence-electron chi connectivity index (χ2n) is 15.1. The maximum atomic E-state index is 12.9. The monoisotopic (exact) mass is 616 g/mol. The van der Waals surface area contributed by atoms with E-state index in [1.807, 2.05) is 6.92 Å². The molecule has 5 saturated heterocycles. The van der Waals surface area contributed by atoms with Gasteiger partial charge in [0.1, 0.15) is 0 Å². The molecular weight excluding hydrogens is 560 g/mol. The van der Waals surface area contributed by atoms with Crippen molar-refractivity contribution in [3.05, 3.63) is 12.7 Å². The van der Waals surface area contributed by atoms with Crippen LogP contribution in [0.1, 0.15) is 79.6 Å². The van der Waals surface area contributed by atoms with Crippen LogP contribution in [0.5, 0.6) is 0 Å². The van der Waals surface area contributed by atoms with Crippen molar-refractivity contribution >= 4 is 17.9 Å². The predicted molar refractivity (Wildman–Crippen MR) is 168 cm³/mol. The Labute approximate surface area is 262 Å². The van der Waals surface area contributed by atoms with Gasteiger partial charge in [-0.1, -0.05) is 47.1 Å². The van der Waals surface area contributed by atoms with E-state index in [4.69, 9.17) is 0 Å². The Morgan fingerprint density at radius 1 is 0.682 bits per heavy atom. The number of hydrogen-bond acceptors (Lipinski definition) is 7. The Hall–Kier alpha value is -2.01. The molecule has 7 N–H and O–H groups in total. The summed E-state index contributed by atoms with van der Waals surface area (Å²) in [5, 5.41) is 45.9. The zero-order valence-electron chi connectivity index (χ0n) is 27.1. The van der Waals surface area contributed by atoms with Crippen molar-refractivity contribution in [3.8, 4) is 0 Å². The molecular formula is C34H56N4O6. The molecule has 0 aromatic rings. The third-order valence-electron chi connectivity index (χ3n) is 13.1. The zero-order chi connectivity index (χ0) is 32.0. The lowest BCUT2D eigenvalue weighted by Gasteiger charge is -2.35. The first-order valence-corrected chi connectivity index (χ1v) is 17.2. The molecule has 0 spiro atoms. The van der Waals surface area contributed by atoms with Crippen LogP contribution in [0, 0.1) is 53.3 Å². The number of aliphatic carboxylic acids is 3. The molecule has 0 saturated carbocycles. The second-order valence-corrected chi connectivity index (χ2v) is 15.1. The van der Waals surface area contributed by atoms with Crippen LogP contribution in [0.2, 0.25) is 0 Å². The average molecular weight is 617 g/mol. The molecule has 44 heavy (non-hydrogen) atoms. The normalized spacial score (nSPS) is 48.7. The lowest BCUT2D eigenvalue weighted by molar-refractivity contribution is -0.145. The van der Waals surface area contributed by atoms with E-state index >= 15 is 0 Å². The van der Waals surface area contributed by atoms with Crippen molar-refractivity contribution in [1.82, 2.24) is 21.3 Å². The van der Waals surface area contributed by atoms with Gasteiger partial charge in [0.2, 0.25) is 0 Å². The first-order chi connectivity index (χ1) is 20.9. The van der Waals surface area contributed by atoms with Gasteiger partial charge >= 0.3 is 17.9 Å². The minimum absolute atomic E-state index is 0.00318. The quantitative estimate of drug-likeness (QED) is 0.202. The van der Waals surface area contributed by atoms with Gasteiger partial charge < -0.3 is 36.6 Å². The summed E-state index contributed by atoms with van der Waals surface area (Å²) < 4.78 is 0. The van der Waals surface area contributed by atoms with E-state index in [1.54, 1.807) is 0 Å². The topological polar surface area (TPSA) is 160 Å². The fourth-order valence-electron chi connectivity index (χ4n) is 10.7. The van der Waals surface area contributed by atoms with Gasteiger partial charge in [-0.2, -0.15) is 0 Å². The van der Waals surface area contributed by atoms with Crippen LogP contribution in [-0.4, -0.2) is 81.6 Å². The van der Waals surface area contributed by atoms with E-state index < -0.39 is 35.8 Å². The lowest BCUT2D eigenvalue weighted by Crippen LogP contribution is -2.52. The first-order valence-electron chi connectivity index (χ1n) is 17.2. The molecule has 5 heterocycles. The van der Waals surface area contributed by atoms with Gasteiger partial charge in [-0.25, -0.2) is 0 Å². The fourth-order valence-corrected chi connectivity index (χ4v) is 10.7. The van der Waals surface area contributed by atoms with Gasteiger partial charge in [0, 0.05) is 60.7 Å². The minimum atomic E-state index is -0.954. The molecule has 8 bridgehead atoms. The van der Waals surface area contributed by atoms with Crippen molar-refractivity contribution in [2.24, 2.45) is 53.3 Å². The summed E-state index contributed by atoms with van der Waals surface area (Å²) in [5.41, 5.74) is 0. The number of carbonyl (C=O) groups is 3. The maximum absolute atomic E-state index is 12.9. The van der Waals surface area contributed by atoms with E-state index in [-0.39, 0.29) is 60.8 Å². The predicted octanol–water partition coefficient (Wildman–Crippen LogP) is 3.18. The maximum Gasteiger partial charge on any atom is 0.308 e. The molecule has 0 aromatic heterocycles. The molecule has 5 aliphatic rings. The standard InChI is InChI=1S/C34H56N4O6/c1-7-19-15(3)23-12-25-17(5)21(9-10-29(39)40)32(37-25)22(11-30(41)42)33-31(34(43)44)18(6)26(38-33)14-28-20(8-2)16(4)24(36-28)13-27(19)35-23/h7,15-28,31-33,35-38H,1,8-14H2,2-6H3,(H,39,40)(H,41,42)(H,43,44)/t15?,16?,17-,18?,19?,20?,21-,22?,23?,24?,25?,26?,27?,28?,31?,32?,33?/m0/s1. The molecule has 0 radical (unpaired) electrons. The van der Waals surface area contributed by atoms with Crippen LogP contribution >= 0.6 is 0 Å². The second kappa shape index (κ2) is 13.4. The number of nitrogens with one attached hydrogen (secondary N) is 4. The largest absolute Gasteiger partial charge is 0.481 e. The van der Waals surface area contributed by atoms with Crippen LogP contribution in [0.25, 0.3) is 0 Å². The highest BCUT2D eigenvalue weighted by atomic mass is 16.4. The van der Waals surface area contributed by atoms with Gasteiger partial charge in [-0.05, 0) is 67.1 Å². The summed E-state index contributed by atoms with van der Waals surface area (Å²) in [6, 6.07) is 0.294. The van der Waals surface area contributed by atoms with Gasteiger partial charge in [0.15, 0.2) is 0 Å². The molecule has 15 unspecified atom stereocenters. The summed E-state index contributed by atoms with van der Waals surface area (Å²) in [6.45, 7) is 15.3. The number of hydrogen-bond donors (Lipinski definition) is 7. The van der Waals surface area contributed by atoms with Gasteiger partial charge in [0.05, 0.1) is 12.3 Å². The van der Waals surface area contributed by atoms with Crippen molar-refractivity contribution in [3.63, 3.8) is 0 Å². The zero-order valence-corrected chi connectivity index (χ0v) is 27.1. The molecule has 0 aromatic carbocycles. The number of rotatable bonds is 8. The average Bonchev–Trinajstić information content (AvgIpc) is 3.63. The third kappa shape index (κ3) is 6.20. The number of fused-ring (bicyclic) bond motifs is 8. The molecule has 5 aliphatic heterocycles. The third-order valence-corrected chi connectivity index (χ3v) is 13.1. The van der Waals surface area contributed by atoms with Crippen LogP contribution in [0.4, 0.5) is 0 Å². The van der Waals surface area contributed by atoms with E-state index in [1.165, 1.54) is 0 Å². The molecule has 10 nitrogen and oxygen atoms in total. The SMILES string of the molecule is C=CC1C2CC3NC(CC4NC(C(CC(=O)O)C5NC(CC(N2)C1C)[C@@H](C)[C@@H]5CCC(=O)O)C(C(=O)O)C4C)C(CC)C3C. The summed E-state index contributed by atoms with van der Waals surface area (Å²) in [7, 11) is 0. The highest BCUT2D eigenvalue weighted by Gasteiger charge is 2.55. The van der Waals surface area contributed by atoms with Crippen LogP contribution in [0.15, 0.2) is 12.7 Å². The molecule has 0 aliphatic carbocycles. The highest BCUT2D eigenvalue weighted by Crippen LogP contribution is 2.46. The number of carboxylic acids is 3. The molecule has 5 rings (SSSR count). The molecule has 10 heteroatoms. The summed E-state index contributed by atoms with van der Waals surface area (Å²) in [4.78, 5) is 37.0. The van der Waals surface area contributed by atoms with E-state index in [2.05, 4.69) is 61.6 Å². The Morgan fingerprint density at radius 3 is 1.84 bits per heavy atom. The lowest BCUT2D eigenvalue weighted by atomic mass is 9.72. The van der Waals surface area contributed by atoms with Crippen molar-refractivity contribution < 1.29 is 29.7 Å². The van der Waals surface area contributed by atoms with Gasteiger partial charge in [0.25, 0.3) is 0 Å². The van der Waals surface area contributed by atoms with Crippen molar-refractivity contribution in [2.75, 3.05) is 0 Å². The molecule has 0 amide bonds. The molecule has 248 valence electrons. The minimum Gasteiger partial charge on any atom is -0.481 e. The Balaban J connectivity index is 1.57. The van der Waals surface area contributed by atoms with Crippen molar-refractivity contribution in [1.29, 1.82) is 0 Å². The summed E-state index contributed by atoms with van der Waals surface area (Å²) in [6.07, 6.45) is 6.08. The van der Waals surface area contributed by atoms with Gasteiger partial charge in [-0.15, -0.1) is 6.58 Å². The Morgan fingerprint density at radius 2 is 1.23 bits per heavy atom. The number of carboxylic acid groups (broad SMARTS) is 3. The van der Waals surface area contributed by atoms with E-state index in [0.717, 1.165) is 25.7 Å². The van der Waals surface area contributed by atoms with Crippen LogP contribution in [-0.2, 0) is 14.4 Å². The van der Waals surface area contributed by atoms with E-state index in [9.17, 15) is 29.7 Å². The van der Waals surface area contributed by atoms with Gasteiger partial charge in [-0.3, -0.25) is 14.4 Å². The highest BCUT2D eigenvalue weighted by molar-refractivity contribution is 5.73. The Kier molecular flexibility index (Phi) is 10.1. The molecule has 5 fully saturated rings. The summed E-state index contributed by atoms with van der Waals surface area (Å²) >= 11 is 0. The van der Waals surface area contributed by atoms with E-state index in [0.29, 0.717) is 42.2 Å². The summed E-state index contributed by atoms with van der Waals surface area (Å²) in [5.74, 6) is -2.40. The van der Waals surface area contributed by atoms with Crippen LogP contribution in [0.3, 0.4) is 0 Å². The first kappa shape index (κ1) is 33.4. The molecule has 17 atom stereocenters. The fraction of sp³-hybridized carbons (Fsp3) is 0.853. The Bertz CT molecular complexity index is 1090. The van der Waals surface area contributed by atoms with Crippen molar-refractivity contribution in [2.45, 2.75) is 128 Å². The van der Waals surface area contributed by atoms with Crippen LogP contribution < -0.4 is 21.3 Å². The smallest absolute Gasteiger partial charge is 0.308 e.